The Hall–Kier alpha value is -3.06. The molecule has 1 fully saturated rings. The van der Waals surface area contributed by atoms with Crippen molar-refractivity contribution in [2.45, 2.75) is 104 Å². The maximum absolute atomic E-state index is 13.5. The molecule has 0 bridgehead atoms. The maximum Gasteiger partial charge on any atom is 0.235 e. The first-order valence-electron chi connectivity index (χ1n) is 13.7. The third kappa shape index (κ3) is 5.51. The third-order valence-electron chi connectivity index (χ3n) is 7.88. The summed E-state index contributed by atoms with van der Waals surface area (Å²) >= 11 is 0. The highest BCUT2D eigenvalue weighted by Gasteiger charge is 2.51. The number of aromatic nitrogens is 1. The number of anilines is 1. The number of rotatable bonds is 9. The fraction of sp³-hybridized carbons (Fsp3) is 0.500. The van der Waals surface area contributed by atoms with Gasteiger partial charge in [0.15, 0.2) is 0 Å². The largest absolute Gasteiger partial charge is 0.358 e. The van der Waals surface area contributed by atoms with Crippen molar-refractivity contribution in [3.63, 3.8) is 0 Å². The number of carbonyl (C=O) groups is 1. The molecule has 0 radical (unpaired) electrons. The fourth-order valence-corrected chi connectivity index (χ4v) is 4.99. The predicted octanol–water partition coefficient (Wildman–Crippen LogP) is 8.52. The van der Waals surface area contributed by atoms with Gasteiger partial charge in [0.1, 0.15) is 0 Å². The molecule has 2 N–H and O–H groups in total. The molecule has 0 saturated heterocycles. The Morgan fingerprint density at radius 1 is 1.14 bits per heavy atom. The summed E-state index contributed by atoms with van der Waals surface area (Å²) in [6, 6.07) is 17.2. The van der Waals surface area contributed by atoms with Gasteiger partial charge < -0.3 is 10.3 Å². The van der Waals surface area contributed by atoms with Gasteiger partial charge in [0.25, 0.3) is 0 Å². The van der Waals surface area contributed by atoms with E-state index >= 15 is 0 Å². The lowest BCUT2D eigenvalue weighted by Gasteiger charge is -2.21. The average molecular weight is 486 g/mol. The van der Waals surface area contributed by atoms with E-state index in [0.29, 0.717) is 12.3 Å². The number of hydrogen-bond donors (Lipinski definition) is 2. The van der Waals surface area contributed by atoms with E-state index in [9.17, 15) is 4.79 Å². The quantitative estimate of drug-likeness (QED) is 0.319. The van der Waals surface area contributed by atoms with Gasteiger partial charge >= 0.3 is 0 Å². The molecule has 36 heavy (non-hydrogen) atoms. The lowest BCUT2D eigenvalue weighted by atomic mass is 9.84. The van der Waals surface area contributed by atoms with Crippen LogP contribution in [0.4, 0.5) is 5.69 Å². The Kier molecular flexibility index (Phi) is 8.67. The summed E-state index contributed by atoms with van der Waals surface area (Å²) in [7, 11) is 0. The van der Waals surface area contributed by atoms with Gasteiger partial charge in [-0.15, -0.1) is 0 Å². The van der Waals surface area contributed by atoms with E-state index in [4.69, 9.17) is 5.26 Å². The van der Waals surface area contributed by atoms with E-state index in [1.165, 1.54) is 11.1 Å². The van der Waals surface area contributed by atoms with Gasteiger partial charge in [0.05, 0.1) is 11.5 Å². The van der Waals surface area contributed by atoms with Gasteiger partial charge in [0.2, 0.25) is 5.91 Å². The van der Waals surface area contributed by atoms with Crippen molar-refractivity contribution in [1.29, 1.82) is 5.26 Å². The number of aryl methyl sites for hydroxylation is 1. The lowest BCUT2D eigenvalue weighted by Crippen LogP contribution is -2.28. The molecule has 192 valence electrons. The van der Waals surface area contributed by atoms with Crippen LogP contribution in [-0.2, 0) is 22.0 Å². The third-order valence-corrected chi connectivity index (χ3v) is 7.88. The van der Waals surface area contributed by atoms with Crippen molar-refractivity contribution in [3.05, 3.63) is 64.8 Å². The van der Waals surface area contributed by atoms with Crippen LogP contribution < -0.4 is 5.32 Å². The monoisotopic (exact) mass is 485 g/mol. The van der Waals surface area contributed by atoms with Crippen molar-refractivity contribution in [3.8, 4) is 6.07 Å². The van der Waals surface area contributed by atoms with Gasteiger partial charge in [-0.3, -0.25) is 4.79 Å². The van der Waals surface area contributed by atoms with Crippen LogP contribution in [0.2, 0.25) is 0 Å². The Labute approximate surface area is 217 Å². The minimum Gasteiger partial charge on any atom is -0.358 e. The number of hydrogen-bond acceptors (Lipinski definition) is 2. The van der Waals surface area contributed by atoms with Crippen molar-refractivity contribution in [2.75, 3.05) is 5.32 Å². The van der Waals surface area contributed by atoms with Gasteiger partial charge in [-0.2, -0.15) is 5.26 Å². The summed E-state index contributed by atoms with van der Waals surface area (Å²) in [4.78, 5) is 17.0. The highest BCUT2D eigenvalue weighted by atomic mass is 16.2. The number of aromatic amines is 1. The van der Waals surface area contributed by atoms with Crippen LogP contribution in [0.1, 0.15) is 109 Å². The smallest absolute Gasteiger partial charge is 0.235 e. The number of nitrogens with one attached hydrogen (secondary N) is 2. The average Bonchev–Trinajstić information content (AvgIpc) is 3.60. The molecule has 1 heterocycles. The van der Waals surface area contributed by atoms with Gasteiger partial charge in [-0.25, -0.2) is 0 Å². The SMILES string of the molecule is CC.CCc1ccc(C2(C(=O)Nc3ccc4[nH]c(C(C)(C)CCC#N)cc4c3)CC2)cc1C(C)CC. The molecule has 4 rings (SSSR count). The number of fused-ring (bicyclic) bond motifs is 1. The van der Waals surface area contributed by atoms with Gasteiger partial charge in [-0.1, -0.05) is 66.7 Å². The first-order chi connectivity index (χ1) is 17.2. The second-order valence-corrected chi connectivity index (χ2v) is 10.6. The van der Waals surface area contributed by atoms with Crippen LogP contribution in [0.5, 0.6) is 0 Å². The van der Waals surface area contributed by atoms with E-state index in [1.807, 2.05) is 26.0 Å². The molecule has 1 atom stereocenters. The Bertz CT molecular complexity index is 1240. The van der Waals surface area contributed by atoms with E-state index in [1.54, 1.807) is 0 Å². The van der Waals surface area contributed by atoms with E-state index < -0.39 is 5.41 Å². The van der Waals surface area contributed by atoms with Crippen LogP contribution in [0, 0.1) is 11.3 Å². The zero-order chi connectivity index (χ0) is 26.5. The number of nitrogens with zero attached hydrogens (tertiary/aromatic N) is 1. The molecule has 1 aliphatic rings. The molecule has 1 aliphatic carbocycles. The van der Waals surface area contributed by atoms with Crippen LogP contribution in [0.3, 0.4) is 0 Å². The summed E-state index contributed by atoms with van der Waals surface area (Å²) < 4.78 is 0. The minimum atomic E-state index is -0.411. The summed E-state index contributed by atoms with van der Waals surface area (Å²) in [6.07, 6.45) is 5.25. The maximum atomic E-state index is 13.5. The van der Waals surface area contributed by atoms with Crippen LogP contribution in [-0.4, -0.2) is 10.9 Å². The molecule has 1 aromatic heterocycles. The molecule has 3 aromatic rings. The van der Waals surface area contributed by atoms with Crippen molar-refractivity contribution in [1.82, 2.24) is 4.98 Å². The predicted molar refractivity (Wildman–Crippen MR) is 152 cm³/mol. The first-order valence-corrected chi connectivity index (χ1v) is 13.7. The fourth-order valence-electron chi connectivity index (χ4n) is 4.99. The highest BCUT2D eigenvalue weighted by Crippen LogP contribution is 2.50. The highest BCUT2D eigenvalue weighted by molar-refractivity contribution is 6.02. The number of carbonyl (C=O) groups excluding carboxylic acids is 1. The Balaban J connectivity index is 0.00000176. The van der Waals surface area contributed by atoms with Gasteiger partial charge in [-0.05, 0) is 79.0 Å². The summed E-state index contributed by atoms with van der Waals surface area (Å²) in [5, 5.41) is 13.3. The Morgan fingerprint density at radius 3 is 2.47 bits per heavy atom. The number of nitriles is 1. The molecule has 2 aromatic carbocycles. The second-order valence-electron chi connectivity index (χ2n) is 10.6. The summed E-state index contributed by atoms with van der Waals surface area (Å²) in [5.74, 6) is 0.590. The molecular weight excluding hydrogens is 442 g/mol. The van der Waals surface area contributed by atoms with E-state index in [0.717, 1.165) is 60.0 Å². The van der Waals surface area contributed by atoms with Crippen LogP contribution in [0.25, 0.3) is 10.9 Å². The van der Waals surface area contributed by atoms with E-state index in [2.05, 4.69) is 81.3 Å². The molecule has 1 amide bonds. The zero-order valence-corrected chi connectivity index (χ0v) is 23.2. The number of H-pyrrole nitrogens is 1. The standard InChI is InChI=1S/C30H37N3O.C2H6/c1-6-20(3)25-19-23(10-9-21(25)7-2)30(14-15-30)28(34)32-24-11-12-26-22(17-24)18-27(33-26)29(4,5)13-8-16-31;1-2/h9-12,17-20,33H,6-8,13-15H2,1-5H3,(H,32,34);1-2H3. The summed E-state index contributed by atoms with van der Waals surface area (Å²) in [5.41, 5.74) is 6.42. The van der Waals surface area contributed by atoms with Crippen LogP contribution >= 0.6 is 0 Å². The lowest BCUT2D eigenvalue weighted by molar-refractivity contribution is -0.118. The zero-order valence-electron chi connectivity index (χ0n) is 23.2. The van der Waals surface area contributed by atoms with Crippen LogP contribution in [0.15, 0.2) is 42.5 Å². The molecule has 4 heteroatoms. The Morgan fingerprint density at radius 2 is 1.86 bits per heavy atom. The van der Waals surface area contributed by atoms with E-state index in [-0.39, 0.29) is 11.3 Å². The molecule has 0 aliphatic heterocycles. The minimum absolute atomic E-state index is 0.0938. The van der Waals surface area contributed by atoms with Crippen molar-refractivity contribution < 1.29 is 4.79 Å². The second kappa shape index (κ2) is 11.3. The van der Waals surface area contributed by atoms with Crippen molar-refractivity contribution >= 4 is 22.5 Å². The molecule has 1 saturated carbocycles. The number of benzene rings is 2. The normalized spacial score (nSPS) is 14.9. The molecular formula is C32H43N3O. The first kappa shape index (κ1) is 27.5. The summed E-state index contributed by atoms with van der Waals surface area (Å²) in [6.45, 7) is 15.0. The molecule has 1 unspecified atom stereocenters. The topological polar surface area (TPSA) is 68.7 Å². The molecule has 0 spiro atoms. The van der Waals surface area contributed by atoms with Crippen molar-refractivity contribution in [2.24, 2.45) is 0 Å². The molecule has 4 nitrogen and oxygen atoms in total. The van der Waals surface area contributed by atoms with Gasteiger partial charge in [0, 0.05) is 34.1 Å². The number of amides is 1.